The molecular formula is C20H25BrN2O4S. The van der Waals surface area contributed by atoms with Gasteiger partial charge in [0.15, 0.2) is 6.61 Å². The van der Waals surface area contributed by atoms with Gasteiger partial charge in [0.2, 0.25) is 10.0 Å². The van der Waals surface area contributed by atoms with Gasteiger partial charge in [-0.3, -0.25) is 4.79 Å². The number of halogens is 1. The molecule has 0 bridgehead atoms. The molecule has 2 rings (SSSR count). The van der Waals surface area contributed by atoms with Crippen LogP contribution >= 0.6 is 15.9 Å². The topological polar surface area (TPSA) is 75.7 Å². The molecule has 0 saturated heterocycles. The van der Waals surface area contributed by atoms with Gasteiger partial charge in [-0.1, -0.05) is 29.8 Å². The molecule has 2 aromatic rings. The van der Waals surface area contributed by atoms with Gasteiger partial charge in [0, 0.05) is 23.2 Å². The summed E-state index contributed by atoms with van der Waals surface area (Å²) in [5, 5.41) is 2.72. The monoisotopic (exact) mass is 468 g/mol. The van der Waals surface area contributed by atoms with Crippen molar-refractivity contribution in [1.82, 2.24) is 4.31 Å². The van der Waals surface area contributed by atoms with Crippen molar-refractivity contribution >= 4 is 37.5 Å². The van der Waals surface area contributed by atoms with Gasteiger partial charge >= 0.3 is 0 Å². The Balaban J connectivity index is 2.02. The molecule has 2 aromatic carbocycles. The number of sulfonamides is 1. The van der Waals surface area contributed by atoms with Crippen molar-refractivity contribution in [2.75, 3.05) is 25.0 Å². The van der Waals surface area contributed by atoms with Gasteiger partial charge in [-0.2, -0.15) is 4.31 Å². The van der Waals surface area contributed by atoms with Gasteiger partial charge in [0.05, 0.1) is 4.90 Å². The normalized spacial score (nSPS) is 11.5. The number of hydrogen-bond donors (Lipinski definition) is 1. The largest absolute Gasteiger partial charge is 0.483 e. The summed E-state index contributed by atoms with van der Waals surface area (Å²) in [5.74, 6) is 0.361. The van der Waals surface area contributed by atoms with E-state index >= 15 is 0 Å². The predicted octanol–water partition coefficient (Wildman–Crippen LogP) is 4.11. The van der Waals surface area contributed by atoms with Crippen molar-refractivity contribution in [3.05, 3.63) is 52.0 Å². The minimum absolute atomic E-state index is 0.136. The zero-order valence-corrected chi connectivity index (χ0v) is 18.9. The number of aryl methyl sites for hydroxylation is 2. The van der Waals surface area contributed by atoms with Crippen LogP contribution in [0.3, 0.4) is 0 Å². The Morgan fingerprint density at radius 3 is 2.11 bits per heavy atom. The SMILES string of the molecule is CCN(CC)S(=O)(=O)c1ccc(NC(=O)COc2c(C)cc(Br)cc2C)cc1. The van der Waals surface area contributed by atoms with Crippen LogP contribution in [0.25, 0.3) is 0 Å². The molecule has 0 unspecified atom stereocenters. The first kappa shape index (κ1) is 22.4. The molecule has 0 aliphatic heterocycles. The van der Waals surface area contributed by atoms with E-state index in [2.05, 4.69) is 21.2 Å². The Hall–Kier alpha value is -1.90. The average Bonchev–Trinajstić information content (AvgIpc) is 2.62. The highest BCUT2D eigenvalue weighted by Gasteiger charge is 2.21. The maximum absolute atomic E-state index is 12.5. The van der Waals surface area contributed by atoms with Crippen LogP contribution in [0.5, 0.6) is 5.75 Å². The predicted molar refractivity (Wildman–Crippen MR) is 114 cm³/mol. The Kier molecular flexibility index (Phi) is 7.63. The summed E-state index contributed by atoms with van der Waals surface area (Å²) in [6.45, 7) is 8.10. The van der Waals surface area contributed by atoms with E-state index in [1.165, 1.54) is 16.4 Å². The summed E-state index contributed by atoms with van der Waals surface area (Å²) in [4.78, 5) is 12.4. The fourth-order valence-corrected chi connectivity index (χ4v) is 5.03. The van der Waals surface area contributed by atoms with E-state index in [4.69, 9.17) is 4.74 Å². The third-order valence-electron chi connectivity index (χ3n) is 4.25. The van der Waals surface area contributed by atoms with Crippen LogP contribution in [0.4, 0.5) is 5.69 Å². The van der Waals surface area contributed by atoms with Crippen molar-refractivity contribution in [2.45, 2.75) is 32.6 Å². The van der Waals surface area contributed by atoms with Crippen molar-refractivity contribution in [3.63, 3.8) is 0 Å². The zero-order valence-electron chi connectivity index (χ0n) is 16.5. The Bertz CT molecular complexity index is 916. The number of nitrogens with one attached hydrogen (secondary N) is 1. The Morgan fingerprint density at radius 1 is 1.07 bits per heavy atom. The molecule has 0 radical (unpaired) electrons. The lowest BCUT2D eigenvalue weighted by atomic mass is 10.1. The summed E-state index contributed by atoms with van der Waals surface area (Å²) in [6, 6.07) is 9.99. The lowest BCUT2D eigenvalue weighted by Gasteiger charge is -2.18. The molecule has 0 aliphatic carbocycles. The molecule has 8 heteroatoms. The molecular weight excluding hydrogens is 444 g/mol. The number of hydrogen-bond acceptors (Lipinski definition) is 4. The maximum atomic E-state index is 12.5. The van der Waals surface area contributed by atoms with Gasteiger partial charge in [-0.25, -0.2) is 8.42 Å². The number of ether oxygens (including phenoxy) is 1. The first-order valence-electron chi connectivity index (χ1n) is 8.98. The quantitative estimate of drug-likeness (QED) is 0.632. The molecule has 0 heterocycles. The fraction of sp³-hybridized carbons (Fsp3) is 0.350. The highest BCUT2D eigenvalue weighted by atomic mass is 79.9. The van der Waals surface area contributed by atoms with Crippen LogP contribution in [0.1, 0.15) is 25.0 Å². The molecule has 0 aromatic heterocycles. The lowest BCUT2D eigenvalue weighted by Crippen LogP contribution is -2.30. The molecule has 6 nitrogen and oxygen atoms in total. The standard InChI is InChI=1S/C20H25BrN2O4S/c1-5-23(6-2)28(25,26)18-9-7-17(8-10-18)22-19(24)13-27-20-14(3)11-16(21)12-15(20)4/h7-12H,5-6,13H2,1-4H3,(H,22,24). The molecule has 0 fully saturated rings. The summed E-state index contributed by atoms with van der Waals surface area (Å²) >= 11 is 3.43. The Labute approximate surface area is 175 Å². The second-order valence-electron chi connectivity index (χ2n) is 6.32. The smallest absolute Gasteiger partial charge is 0.262 e. The van der Waals surface area contributed by atoms with Crippen LogP contribution in [-0.4, -0.2) is 38.3 Å². The van der Waals surface area contributed by atoms with E-state index in [0.717, 1.165) is 15.6 Å². The summed E-state index contributed by atoms with van der Waals surface area (Å²) in [5.41, 5.74) is 2.38. The summed E-state index contributed by atoms with van der Waals surface area (Å²) in [6.07, 6.45) is 0. The van der Waals surface area contributed by atoms with Gasteiger partial charge in [-0.15, -0.1) is 0 Å². The molecule has 1 amide bonds. The molecule has 1 N–H and O–H groups in total. The number of anilines is 1. The highest BCUT2D eigenvalue weighted by Crippen LogP contribution is 2.27. The minimum Gasteiger partial charge on any atom is -0.483 e. The fourth-order valence-electron chi connectivity index (χ4n) is 2.88. The molecule has 0 atom stereocenters. The van der Waals surface area contributed by atoms with Crippen molar-refractivity contribution in [2.24, 2.45) is 0 Å². The molecule has 28 heavy (non-hydrogen) atoms. The Morgan fingerprint density at radius 2 is 1.61 bits per heavy atom. The number of amides is 1. The zero-order chi connectivity index (χ0) is 20.9. The highest BCUT2D eigenvalue weighted by molar-refractivity contribution is 9.10. The van der Waals surface area contributed by atoms with Crippen LogP contribution in [0.2, 0.25) is 0 Å². The van der Waals surface area contributed by atoms with Gasteiger partial charge in [-0.05, 0) is 61.4 Å². The van der Waals surface area contributed by atoms with Crippen LogP contribution in [0, 0.1) is 13.8 Å². The van der Waals surface area contributed by atoms with Crippen LogP contribution < -0.4 is 10.1 Å². The van der Waals surface area contributed by atoms with Crippen molar-refractivity contribution < 1.29 is 17.9 Å². The van der Waals surface area contributed by atoms with Crippen LogP contribution in [-0.2, 0) is 14.8 Å². The third-order valence-corrected chi connectivity index (χ3v) is 6.78. The maximum Gasteiger partial charge on any atom is 0.262 e. The van der Waals surface area contributed by atoms with Crippen molar-refractivity contribution in [3.8, 4) is 5.75 Å². The number of rotatable bonds is 8. The number of nitrogens with zero attached hydrogens (tertiary/aromatic N) is 1. The molecule has 0 saturated carbocycles. The lowest BCUT2D eigenvalue weighted by molar-refractivity contribution is -0.118. The van der Waals surface area contributed by atoms with E-state index in [1.807, 2.05) is 26.0 Å². The van der Waals surface area contributed by atoms with E-state index in [0.29, 0.717) is 24.5 Å². The van der Waals surface area contributed by atoms with E-state index < -0.39 is 10.0 Å². The third kappa shape index (κ3) is 5.33. The molecule has 0 spiro atoms. The van der Waals surface area contributed by atoms with E-state index in [9.17, 15) is 13.2 Å². The molecule has 152 valence electrons. The second-order valence-corrected chi connectivity index (χ2v) is 9.17. The van der Waals surface area contributed by atoms with Crippen LogP contribution in [0.15, 0.2) is 45.8 Å². The van der Waals surface area contributed by atoms with E-state index in [-0.39, 0.29) is 17.4 Å². The number of carbonyl (C=O) groups excluding carboxylic acids is 1. The first-order chi connectivity index (χ1) is 13.2. The average molecular weight is 469 g/mol. The summed E-state index contributed by atoms with van der Waals surface area (Å²) < 4.78 is 33.0. The minimum atomic E-state index is -3.51. The van der Waals surface area contributed by atoms with Gasteiger partial charge in [0.25, 0.3) is 5.91 Å². The molecule has 0 aliphatic rings. The number of carbonyl (C=O) groups is 1. The van der Waals surface area contributed by atoms with Crippen molar-refractivity contribution in [1.29, 1.82) is 0 Å². The van der Waals surface area contributed by atoms with E-state index in [1.54, 1.807) is 26.0 Å². The number of benzene rings is 2. The second kappa shape index (κ2) is 9.54. The summed E-state index contributed by atoms with van der Waals surface area (Å²) in [7, 11) is -3.51. The van der Waals surface area contributed by atoms with Gasteiger partial charge in [0.1, 0.15) is 5.75 Å². The van der Waals surface area contributed by atoms with Gasteiger partial charge < -0.3 is 10.1 Å². The first-order valence-corrected chi connectivity index (χ1v) is 11.2.